The molecule has 2 aromatic heterocycles. The van der Waals surface area contributed by atoms with Gasteiger partial charge in [0.2, 0.25) is 0 Å². The zero-order chi connectivity index (χ0) is 22.8. The summed E-state index contributed by atoms with van der Waals surface area (Å²) in [7, 11) is 0. The number of anilines is 1. The van der Waals surface area contributed by atoms with Gasteiger partial charge in [-0.15, -0.1) is 0 Å². The Balaban J connectivity index is 1.35. The van der Waals surface area contributed by atoms with Crippen molar-refractivity contribution in [2.24, 2.45) is 0 Å². The second-order valence-electron chi connectivity index (χ2n) is 8.09. The second kappa shape index (κ2) is 8.95. The summed E-state index contributed by atoms with van der Waals surface area (Å²) >= 11 is 0. The summed E-state index contributed by atoms with van der Waals surface area (Å²) in [4.78, 5) is 31.2. The van der Waals surface area contributed by atoms with Gasteiger partial charge >= 0.3 is 0 Å². The van der Waals surface area contributed by atoms with Gasteiger partial charge in [-0.2, -0.15) is 0 Å². The number of likely N-dealkylation sites (tertiary alicyclic amines) is 1. The van der Waals surface area contributed by atoms with Crippen LogP contribution in [0, 0.1) is 5.82 Å². The Morgan fingerprint density at radius 2 is 1.97 bits per heavy atom. The number of fused-ring (bicyclic) bond motifs is 1. The van der Waals surface area contributed by atoms with Gasteiger partial charge in [-0.3, -0.25) is 4.79 Å². The average molecular weight is 446 g/mol. The number of para-hydroxylation sites is 2. The molecule has 1 saturated heterocycles. The molecule has 4 N–H and O–H groups in total. The van der Waals surface area contributed by atoms with Crippen LogP contribution in [0.1, 0.15) is 23.2 Å². The predicted molar refractivity (Wildman–Crippen MR) is 125 cm³/mol. The third-order valence-corrected chi connectivity index (χ3v) is 5.84. The fraction of sp³-hybridized carbons (Fsp3) is 0.250. The summed E-state index contributed by atoms with van der Waals surface area (Å²) in [5.74, 6) is -0.343. The highest BCUT2D eigenvalue weighted by molar-refractivity contribution is 5.95. The number of halogens is 1. The molecule has 5 rings (SSSR count). The van der Waals surface area contributed by atoms with Crippen molar-refractivity contribution < 1.29 is 9.18 Å². The Hall–Kier alpha value is -3.85. The standard InChI is InChI=1S/C24H24FN7O/c25-17-13-15(7-8-16(17)24(33)27-9-12-32-10-3-4-11-32)20-14-28-22(26)21(29-20)23-30-18-5-1-2-6-19(18)31-23/h1-2,5-8,13-14H,3-4,9-12H2,(H2,26,28)(H,27,33)(H,30,31). The molecule has 0 unspecified atom stereocenters. The molecule has 1 amide bonds. The summed E-state index contributed by atoms with van der Waals surface area (Å²) in [5, 5.41) is 2.80. The van der Waals surface area contributed by atoms with Gasteiger partial charge in [-0.05, 0) is 50.2 Å². The first kappa shape index (κ1) is 21.0. The zero-order valence-corrected chi connectivity index (χ0v) is 18.0. The molecule has 33 heavy (non-hydrogen) atoms. The quantitative estimate of drug-likeness (QED) is 0.420. The molecule has 8 nitrogen and oxygen atoms in total. The molecule has 0 aliphatic carbocycles. The van der Waals surface area contributed by atoms with Gasteiger partial charge in [0.1, 0.15) is 11.5 Å². The number of amides is 1. The number of nitrogens with one attached hydrogen (secondary N) is 2. The van der Waals surface area contributed by atoms with Gasteiger partial charge in [-0.1, -0.05) is 18.2 Å². The molecule has 0 radical (unpaired) electrons. The third-order valence-electron chi connectivity index (χ3n) is 5.84. The number of H-pyrrole nitrogens is 1. The minimum absolute atomic E-state index is 0.00100. The van der Waals surface area contributed by atoms with Crippen LogP contribution in [0.4, 0.5) is 10.2 Å². The van der Waals surface area contributed by atoms with Gasteiger partial charge < -0.3 is 20.9 Å². The van der Waals surface area contributed by atoms with E-state index in [-0.39, 0.29) is 11.4 Å². The van der Waals surface area contributed by atoms with Crippen LogP contribution in [-0.2, 0) is 0 Å². The maximum atomic E-state index is 14.8. The van der Waals surface area contributed by atoms with E-state index in [9.17, 15) is 9.18 Å². The number of rotatable bonds is 6. The van der Waals surface area contributed by atoms with Crippen LogP contribution >= 0.6 is 0 Å². The van der Waals surface area contributed by atoms with Crippen LogP contribution in [0.5, 0.6) is 0 Å². The molecule has 1 aliphatic heterocycles. The number of hydrogen-bond donors (Lipinski definition) is 3. The van der Waals surface area contributed by atoms with Gasteiger partial charge in [0.25, 0.3) is 5.91 Å². The summed E-state index contributed by atoms with van der Waals surface area (Å²) < 4.78 is 14.8. The summed E-state index contributed by atoms with van der Waals surface area (Å²) in [6.45, 7) is 3.37. The van der Waals surface area contributed by atoms with Crippen molar-refractivity contribution in [3.63, 3.8) is 0 Å². The molecule has 0 spiro atoms. The molecule has 1 fully saturated rings. The second-order valence-corrected chi connectivity index (χ2v) is 8.09. The fourth-order valence-electron chi connectivity index (χ4n) is 4.06. The zero-order valence-electron chi connectivity index (χ0n) is 18.0. The molecule has 0 bridgehead atoms. The Bertz CT molecular complexity index is 1280. The lowest BCUT2D eigenvalue weighted by molar-refractivity contribution is 0.0945. The van der Waals surface area contributed by atoms with E-state index >= 15 is 0 Å². The van der Waals surface area contributed by atoms with Crippen molar-refractivity contribution in [3.8, 4) is 22.8 Å². The van der Waals surface area contributed by atoms with Crippen LogP contribution in [0.2, 0.25) is 0 Å². The number of hydrogen-bond acceptors (Lipinski definition) is 6. The number of nitrogen functional groups attached to an aromatic ring is 1. The van der Waals surface area contributed by atoms with Crippen molar-refractivity contribution in [2.75, 3.05) is 31.9 Å². The minimum atomic E-state index is -0.616. The monoisotopic (exact) mass is 445 g/mol. The van der Waals surface area contributed by atoms with E-state index in [2.05, 4.69) is 30.2 Å². The van der Waals surface area contributed by atoms with E-state index in [0.29, 0.717) is 29.3 Å². The Labute approximate surface area is 190 Å². The number of nitrogens with two attached hydrogens (primary N) is 1. The van der Waals surface area contributed by atoms with Gasteiger partial charge in [0, 0.05) is 18.7 Å². The molecule has 4 aromatic rings. The third kappa shape index (κ3) is 4.40. The SMILES string of the molecule is Nc1ncc(-c2ccc(C(=O)NCCN3CCCC3)c(F)c2)nc1-c1nc2ccccc2[nH]1. The summed E-state index contributed by atoms with van der Waals surface area (Å²) in [5.41, 5.74) is 8.98. The van der Waals surface area contributed by atoms with E-state index in [4.69, 9.17) is 5.73 Å². The van der Waals surface area contributed by atoms with Gasteiger partial charge in [0.05, 0.1) is 28.5 Å². The molecular weight excluding hydrogens is 421 g/mol. The van der Waals surface area contributed by atoms with E-state index in [1.807, 2.05) is 24.3 Å². The largest absolute Gasteiger partial charge is 0.382 e. The molecular formula is C24H24FN7O. The first-order chi connectivity index (χ1) is 16.1. The van der Waals surface area contributed by atoms with E-state index in [1.165, 1.54) is 31.2 Å². The van der Waals surface area contributed by atoms with Crippen LogP contribution in [0.25, 0.3) is 33.8 Å². The number of aromatic nitrogens is 4. The summed E-state index contributed by atoms with van der Waals surface area (Å²) in [6, 6.07) is 12.0. The number of carbonyl (C=O) groups excluding carboxylic acids is 1. The molecule has 168 valence electrons. The Kier molecular flexibility index (Phi) is 5.70. The highest BCUT2D eigenvalue weighted by Crippen LogP contribution is 2.27. The highest BCUT2D eigenvalue weighted by atomic mass is 19.1. The molecule has 9 heteroatoms. The van der Waals surface area contributed by atoms with Crippen LogP contribution < -0.4 is 11.1 Å². The van der Waals surface area contributed by atoms with Crippen LogP contribution in [0.15, 0.2) is 48.7 Å². The lowest BCUT2D eigenvalue weighted by atomic mass is 10.1. The Morgan fingerprint density at radius 3 is 2.76 bits per heavy atom. The van der Waals surface area contributed by atoms with E-state index in [0.717, 1.165) is 30.7 Å². The number of carbonyl (C=O) groups is 1. The molecule has 2 aromatic carbocycles. The topological polar surface area (TPSA) is 113 Å². The van der Waals surface area contributed by atoms with Crippen LogP contribution in [0.3, 0.4) is 0 Å². The lowest BCUT2D eigenvalue weighted by Crippen LogP contribution is -2.33. The Morgan fingerprint density at radius 1 is 1.15 bits per heavy atom. The van der Waals surface area contributed by atoms with Crippen molar-refractivity contribution in [2.45, 2.75) is 12.8 Å². The first-order valence-corrected chi connectivity index (χ1v) is 11.0. The van der Waals surface area contributed by atoms with Crippen molar-refractivity contribution in [1.82, 2.24) is 30.2 Å². The predicted octanol–water partition coefficient (Wildman–Crippen LogP) is 3.23. The molecule has 3 heterocycles. The average Bonchev–Trinajstić information content (AvgIpc) is 3.49. The number of aromatic amines is 1. The molecule has 1 aliphatic rings. The van der Waals surface area contributed by atoms with Crippen molar-refractivity contribution in [1.29, 1.82) is 0 Å². The number of benzene rings is 2. The fourth-order valence-corrected chi connectivity index (χ4v) is 4.06. The maximum absolute atomic E-state index is 14.8. The molecule has 0 saturated carbocycles. The van der Waals surface area contributed by atoms with E-state index < -0.39 is 11.7 Å². The number of imidazole rings is 1. The van der Waals surface area contributed by atoms with Crippen LogP contribution in [-0.4, -0.2) is 56.9 Å². The van der Waals surface area contributed by atoms with E-state index in [1.54, 1.807) is 6.07 Å². The minimum Gasteiger partial charge on any atom is -0.382 e. The van der Waals surface area contributed by atoms with Gasteiger partial charge in [-0.25, -0.2) is 19.3 Å². The first-order valence-electron chi connectivity index (χ1n) is 11.0. The smallest absolute Gasteiger partial charge is 0.254 e. The van der Waals surface area contributed by atoms with Gasteiger partial charge in [0.15, 0.2) is 11.6 Å². The highest BCUT2D eigenvalue weighted by Gasteiger charge is 2.17. The number of nitrogens with zero attached hydrogens (tertiary/aromatic N) is 4. The normalized spacial score (nSPS) is 14.1. The lowest BCUT2D eigenvalue weighted by Gasteiger charge is -2.15. The summed E-state index contributed by atoms with van der Waals surface area (Å²) in [6.07, 6.45) is 3.86. The maximum Gasteiger partial charge on any atom is 0.254 e. The van der Waals surface area contributed by atoms with Crippen molar-refractivity contribution >= 4 is 22.8 Å². The van der Waals surface area contributed by atoms with Crippen molar-refractivity contribution in [3.05, 3.63) is 60.0 Å². The molecule has 0 atom stereocenters.